The monoisotopic (exact) mass is 522 g/mol. The quantitative estimate of drug-likeness (QED) is 0.359. The van der Waals surface area contributed by atoms with E-state index in [0.717, 1.165) is 29.7 Å². The molecule has 2 aromatic carbocycles. The fraction of sp³-hybridized carbons (Fsp3) is 0.345. The van der Waals surface area contributed by atoms with Gasteiger partial charge in [0.2, 0.25) is 5.91 Å². The Morgan fingerprint density at radius 2 is 1.81 bits per heavy atom. The van der Waals surface area contributed by atoms with Crippen LogP contribution in [0.1, 0.15) is 67.4 Å². The fourth-order valence-electron chi connectivity index (χ4n) is 5.76. The molecule has 1 aliphatic heterocycles. The van der Waals surface area contributed by atoms with E-state index in [2.05, 4.69) is 4.98 Å². The lowest BCUT2D eigenvalue weighted by Gasteiger charge is -2.52. The van der Waals surface area contributed by atoms with E-state index >= 15 is 0 Å². The summed E-state index contributed by atoms with van der Waals surface area (Å²) in [6.45, 7) is 1.79. The van der Waals surface area contributed by atoms with Crippen LogP contribution in [0.3, 0.4) is 0 Å². The standard InChI is InChI=1S/C29H28Cl2N2O3/c1-29(17-25(34)35)16-23(20-5-4-6-22(31)15-20)26(18-10-12-21(30)13-11-18)33(28(29)36)27(19-8-9-19)24-7-2-3-14-32-24/h2-7,10-15,19,23,26-27H,8-9,16-17H2,1H3,(H,34,35)/t23?,26?,27-,29-/m1/s1. The smallest absolute Gasteiger partial charge is 0.304 e. The molecule has 0 radical (unpaired) electrons. The summed E-state index contributed by atoms with van der Waals surface area (Å²) < 4.78 is 0. The molecule has 7 heteroatoms. The number of piperidine rings is 1. The summed E-state index contributed by atoms with van der Waals surface area (Å²) in [5.74, 6) is -1.03. The van der Waals surface area contributed by atoms with Crippen LogP contribution < -0.4 is 0 Å². The molecule has 5 nitrogen and oxygen atoms in total. The summed E-state index contributed by atoms with van der Waals surface area (Å²) in [6, 6.07) is 20.5. The predicted molar refractivity (Wildman–Crippen MR) is 140 cm³/mol. The number of amides is 1. The van der Waals surface area contributed by atoms with Crippen LogP contribution in [-0.2, 0) is 9.59 Å². The zero-order valence-corrected chi connectivity index (χ0v) is 21.5. The second-order valence-corrected chi connectivity index (χ2v) is 11.1. The van der Waals surface area contributed by atoms with Crippen LogP contribution in [0.25, 0.3) is 0 Å². The molecule has 2 fully saturated rings. The zero-order valence-electron chi connectivity index (χ0n) is 20.0. The van der Waals surface area contributed by atoms with Gasteiger partial charge in [0.25, 0.3) is 0 Å². The van der Waals surface area contributed by atoms with Crippen molar-refractivity contribution in [3.05, 3.63) is 99.8 Å². The third-order valence-electron chi connectivity index (χ3n) is 7.49. The number of pyridine rings is 1. The lowest BCUT2D eigenvalue weighted by atomic mass is 9.66. The van der Waals surface area contributed by atoms with Gasteiger partial charge in [-0.2, -0.15) is 0 Å². The van der Waals surface area contributed by atoms with Gasteiger partial charge in [-0.05, 0) is 72.7 Å². The fourth-order valence-corrected chi connectivity index (χ4v) is 6.09. The molecule has 1 N–H and O–H groups in total. The number of carboxylic acid groups (broad SMARTS) is 1. The molecule has 1 aliphatic carbocycles. The number of aromatic nitrogens is 1. The summed E-state index contributed by atoms with van der Waals surface area (Å²) in [4.78, 5) is 33.0. The lowest BCUT2D eigenvalue weighted by Crippen LogP contribution is -2.54. The molecule has 0 spiro atoms. The molecule has 5 rings (SSSR count). The third-order valence-corrected chi connectivity index (χ3v) is 7.98. The average Bonchev–Trinajstić information content (AvgIpc) is 3.68. The highest BCUT2D eigenvalue weighted by Gasteiger charge is 2.55. The van der Waals surface area contributed by atoms with E-state index in [1.54, 1.807) is 13.1 Å². The maximum Gasteiger partial charge on any atom is 0.304 e. The lowest BCUT2D eigenvalue weighted by molar-refractivity contribution is -0.161. The molecule has 3 aromatic rings. The molecule has 186 valence electrons. The van der Waals surface area contributed by atoms with E-state index in [0.29, 0.717) is 16.5 Å². The van der Waals surface area contributed by atoms with Crippen molar-refractivity contribution in [2.45, 2.75) is 50.6 Å². The Morgan fingerprint density at radius 3 is 2.42 bits per heavy atom. The highest BCUT2D eigenvalue weighted by Crippen LogP contribution is 2.57. The highest BCUT2D eigenvalue weighted by atomic mass is 35.5. The number of likely N-dealkylation sites (tertiary alicyclic amines) is 1. The van der Waals surface area contributed by atoms with Gasteiger partial charge in [0, 0.05) is 22.2 Å². The molecule has 1 saturated heterocycles. The molecule has 2 aliphatic rings. The number of carbonyl (C=O) groups excluding carboxylic acids is 1. The predicted octanol–water partition coefficient (Wildman–Crippen LogP) is 7.08. The molecule has 2 unspecified atom stereocenters. The molecule has 1 saturated carbocycles. The summed E-state index contributed by atoms with van der Waals surface area (Å²) in [6.07, 6.45) is 3.89. The van der Waals surface area contributed by atoms with Crippen molar-refractivity contribution in [1.82, 2.24) is 9.88 Å². The SMILES string of the molecule is C[C@]1(CC(=O)O)CC(c2cccc(Cl)c2)C(c2ccc(Cl)cc2)N([C@@H](c2ccccn2)C2CC2)C1=O. The molecule has 1 aromatic heterocycles. The minimum Gasteiger partial charge on any atom is -0.481 e. The van der Waals surface area contributed by atoms with Crippen LogP contribution in [0.15, 0.2) is 72.9 Å². The second-order valence-electron chi connectivity index (χ2n) is 10.2. The van der Waals surface area contributed by atoms with Gasteiger partial charge < -0.3 is 10.0 Å². The van der Waals surface area contributed by atoms with Gasteiger partial charge in [0.05, 0.1) is 29.6 Å². The number of carbonyl (C=O) groups is 2. The van der Waals surface area contributed by atoms with Crippen LogP contribution in [0.4, 0.5) is 0 Å². The Morgan fingerprint density at radius 1 is 1.06 bits per heavy atom. The summed E-state index contributed by atoms with van der Waals surface area (Å²) in [7, 11) is 0. The molecule has 4 atom stereocenters. The number of nitrogens with zero attached hydrogens (tertiary/aromatic N) is 2. The largest absolute Gasteiger partial charge is 0.481 e. The molecular weight excluding hydrogens is 495 g/mol. The van der Waals surface area contributed by atoms with Gasteiger partial charge in [-0.3, -0.25) is 14.6 Å². The van der Waals surface area contributed by atoms with Crippen LogP contribution in [0.5, 0.6) is 0 Å². The van der Waals surface area contributed by atoms with E-state index in [-0.39, 0.29) is 36.2 Å². The molecule has 36 heavy (non-hydrogen) atoms. The average molecular weight is 523 g/mol. The van der Waals surface area contributed by atoms with Gasteiger partial charge in [0.15, 0.2) is 0 Å². The third kappa shape index (κ3) is 4.87. The maximum absolute atomic E-state index is 14.4. The number of aliphatic carboxylic acids is 1. The number of carboxylic acids is 1. The molecular formula is C29H28Cl2N2O3. The molecule has 2 heterocycles. The van der Waals surface area contributed by atoms with Crippen molar-refractivity contribution in [1.29, 1.82) is 0 Å². The van der Waals surface area contributed by atoms with Gasteiger partial charge >= 0.3 is 5.97 Å². The van der Waals surface area contributed by atoms with E-state index in [1.807, 2.05) is 71.6 Å². The first-order chi connectivity index (χ1) is 17.3. The minimum absolute atomic E-state index is 0.148. The zero-order chi connectivity index (χ0) is 25.4. The van der Waals surface area contributed by atoms with Gasteiger partial charge in [-0.15, -0.1) is 0 Å². The number of hydrogen-bond donors (Lipinski definition) is 1. The number of halogens is 2. The Labute approximate surface area is 221 Å². The van der Waals surface area contributed by atoms with E-state index in [4.69, 9.17) is 23.2 Å². The number of rotatable bonds is 7. The minimum atomic E-state index is -1.08. The van der Waals surface area contributed by atoms with Gasteiger partial charge in [0.1, 0.15) is 0 Å². The van der Waals surface area contributed by atoms with Crippen molar-refractivity contribution >= 4 is 35.1 Å². The first-order valence-electron chi connectivity index (χ1n) is 12.2. The maximum atomic E-state index is 14.4. The van der Waals surface area contributed by atoms with Crippen molar-refractivity contribution < 1.29 is 14.7 Å². The van der Waals surface area contributed by atoms with Gasteiger partial charge in [-0.1, -0.05) is 60.5 Å². The van der Waals surface area contributed by atoms with Crippen molar-refractivity contribution in [3.63, 3.8) is 0 Å². The summed E-state index contributed by atoms with van der Waals surface area (Å²) in [5.41, 5.74) is 1.68. The van der Waals surface area contributed by atoms with Crippen LogP contribution in [-0.4, -0.2) is 26.9 Å². The van der Waals surface area contributed by atoms with E-state index in [1.165, 1.54) is 0 Å². The Hall–Kier alpha value is -2.89. The van der Waals surface area contributed by atoms with Crippen LogP contribution >= 0.6 is 23.2 Å². The molecule has 1 amide bonds. The first kappa shape index (κ1) is 24.8. The van der Waals surface area contributed by atoms with Gasteiger partial charge in [-0.25, -0.2) is 0 Å². The number of benzene rings is 2. The summed E-state index contributed by atoms with van der Waals surface area (Å²) in [5, 5.41) is 11.0. The van der Waals surface area contributed by atoms with Crippen molar-refractivity contribution in [2.24, 2.45) is 11.3 Å². The number of hydrogen-bond acceptors (Lipinski definition) is 3. The van der Waals surface area contributed by atoms with Crippen LogP contribution in [0.2, 0.25) is 10.0 Å². The second kappa shape index (κ2) is 9.87. The Bertz CT molecular complexity index is 1260. The topological polar surface area (TPSA) is 70.5 Å². The Balaban J connectivity index is 1.73. The van der Waals surface area contributed by atoms with E-state index < -0.39 is 11.4 Å². The summed E-state index contributed by atoms with van der Waals surface area (Å²) >= 11 is 12.7. The normalized spacial score (nSPS) is 25.0. The van der Waals surface area contributed by atoms with Crippen LogP contribution in [0, 0.1) is 11.3 Å². The van der Waals surface area contributed by atoms with Crippen molar-refractivity contribution in [2.75, 3.05) is 0 Å². The highest BCUT2D eigenvalue weighted by molar-refractivity contribution is 6.30. The Kier molecular flexibility index (Phi) is 6.80. The van der Waals surface area contributed by atoms with Crippen molar-refractivity contribution in [3.8, 4) is 0 Å². The van der Waals surface area contributed by atoms with E-state index in [9.17, 15) is 14.7 Å². The first-order valence-corrected chi connectivity index (χ1v) is 13.0. The molecule has 0 bridgehead atoms.